The van der Waals surface area contributed by atoms with Crippen molar-refractivity contribution in [2.24, 2.45) is 0 Å². The third kappa shape index (κ3) is 12.4. The molecule has 2 nitrogen and oxygen atoms in total. The maximum absolute atomic E-state index is 4.64. The Morgan fingerprint density at radius 2 is 2.11 bits per heavy atom. The quantitative estimate of drug-likeness (QED) is 0.205. The molecule has 0 unspecified atom stereocenters. The fourth-order valence-corrected chi connectivity index (χ4v) is 0.361. The van der Waals surface area contributed by atoms with Gasteiger partial charge >= 0.3 is 29.6 Å². The molecule has 0 aliphatic carbocycles. The van der Waals surface area contributed by atoms with E-state index in [2.05, 4.69) is 30.2 Å². The summed E-state index contributed by atoms with van der Waals surface area (Å²) in [6, 6.07) is 0. The molecule has 9 heavy (non-hydrogen) atoms. The molecule has 1 N–H and O–H groups in total. The summed E-state index contributed by atoms with van der Waals surface area (Å²) in [6.45, 7) is 0.752. The SMILES string of the molecule is CN(C)CNC(=S)S.[Na+]. The van der Waals surface area contributed by atoms with E-state index in [1.807, 2.05) is 19.0 Å². The topological polar surface area (TPSA) is 15.3 Å². The Morgan fingerprint density at radius 3 is 2.22 bits per heavy atom. The van der Waals surface area contributed by atoms with E-state index in [-0.39, 0.29) is 29.6 Å². The molecule has 0 rings (SSSR count). The molecule has 0 saturated heterocycles. The maximum atomic E-state index is 4.64. The number of hydrogen-bond donors (Lipinski definition) is 2. The Morgan fingerprint density at radius 1 is 1.67 bits per heavy atom. The van der Waals surface area contributed by atoms with Crippen molar-refractivity contribution in [2.75, 3.05) is 20.8 Å². The van der Waals surface area contributed by atoms with Crippen molar-refractivity contribution in [2.45, 2.75) is 0 Å². The van der Waals surface area contributed by atoms with Crippen LogP contribution in [-0.2, 0) is 0 Å². The van der Waals surface area contributed by atoms with Crippen molar-refractivity contribution >= 4 is 29.2 Å². The van der Waals surface area contributed by atoms with Gasteiger partial charge in [0.2, 0.25) is 0 Å². The number of thiol groups is 1. The van der Waals surface area contributed by atoms with Crippen LogP contribution < -0.4 is 34.9 Å². The molecule has 0 fully saturated rings. The fourth-order valence-electron chi connectivity index (χ4n) is 0.226. The first-order valence-electron chi connectivity index (χ1n) is 2.24. The number of thiocarbonyl (C=S) groups is 1. The Labute approximate surface area is 89.1 Å². The monoisotopic (exact) mass is 173 g/mol. The molecule has 0 aromatic carbocycles. The molecule has 0 aromatic rings. The smallest absolute Gasteiger partial charge is 0.358 e. The van der Waals surface area contributed by atoms with Crippen molar-refractivity contribution in [3.05, 3.63) is 0 Å². The second-order valence-corrected chi connectivity index (χ2v) is 2.88. The zero-order valence-electron chi connectivity index (χ0n) is 6.01. The summed E-state index contributed by atoms with van der Waals surface area (Å²) in [5.41, 5.74) is 0. The zero-order valence-corrected chi connectivity index (χ0v) is 9.72. The van der Waals surface area contributed by atoms with Crippen molar-refractivity contribution in [1.82, 2.24) is 10.2 Å². The van der Waals surface area contributed by atoms with E-state index in [1.54, 1.807) is 0 Å². The third-order valence-electron chi connectivity index (χ3n) is 0.547. The average molecular weight is 173 g/mol. The van der Waals surface area contributed by atoms with Crippen LogP contribution in [0, 0.1) is 0 Å². The molecule has 0 aliphatic heterocycles. The molecule has 0 spiro atoms. The molecule has 0 heterocycles. The summed E-state index contributed by atoms with van der Waals surface area (Å²) in [6.07, 6.45) is 0. The molecule has 0 aromatic heterocycles. The van der Waals surface area contributed by atoms with E-state index < -0.39 is 0 Å². The Kier molecular flexibility index (Phi) is 10.4. The standard InChI is InChI=1S/C4H10N2S2.Na/c1-6(2)3-5-4(7)8;/h3H2,1-2H3,(H2,5,7,8);/q;+1. The normalized spacial score (nSPS) is 8.44. The van der Waals surface area contributed by atoms with E-state index >= 15 is 0 Å². The van der Waals surface area contributed by atoms with Gasteiger partial charge in [0.25, 0.3) is 0 Å². The maximum Gasteiger partial charge on any atom is 1.00 e. The number of rotatable bonds is 2. The van der Waals surface area contributed by atoms with Crippen LogP contribution in [0.2, 0.25) is 0 Å². The first-order chi connectivity index (χ1) is 3.63. The van der Waals surface area contributed by atoms with Crippen LogP contribution in [0.3, 0.4) is 0 Å². The van der Waals surface area contributed by atoms with Crippen molar-refractivity contribution in [3.63, 3.8) is 0 Å². The predicted octanol–water partition coefficient (Wildman–Crippen LogP) is -2.69. The Hall–Kier alpha value is 1.20. The van der Waals surface area contributed by atoms with Gasteiger partial charge in [-0.15, -0.1) is 12.6 Å². The molecule has 0 radical (unpaired) electrons. The van der Waals surface area contributed by atoms with E-state index in [1.165, 1.54) is 0 Å². The van der Waals surface area contributed by atoms with Gasteiger partial charge in [0, 0.05) is 0 Å². The van der Waals surface area contributed by atoms with Crippen molar-refractivity contribution in [1.29, 1.82) is 0 Å². The molecule has 0 atom stereocenters. The van der Waals surface area contributed by atoms with Crippen LogP contribution in [0.15, 0.2) is 0 Å². The minimum atomic E-state index is 0. The van der Waals surface area contributed by atoms with Gasteiger partial charge in [-0.1, -0.05) is 12.2 Å². The van der Waals surface area contributed by atoms with Crippen molar-refractivity contribution in [3.8, 4) is 0 Å². The summed E-state index contributed by atoms with van der Waals surface area (Å²) in [5.74, 6) is 0. The summed E-state index contributed by atoms with van der Waals surface area (Å²) in [7, 11) is 3.91. The minimum absolute atomic E-state index is 0. The first-order valence-corrected chi connectivity index (χ1v) is 3.10. The molecular weight excluding hydrogens is 163 g/mol. The van der Waals surface area contributed by atoms with Crippen LogP contribution >= 0.6 is 24.8 Å². The Balaban J connectivity index is 0. The summed E-state index contributed by atoms with van der Waals surface area (Å²) in [5, 5.41) is 2.87. The average Bonchev–Trinajstić information content (AvgIpc) is 1.61. The molecule has 48 valence electrons. The van der Waals surface area contributed by atoms with E-state index in [0.717, 1.165) is 6.67 Å². The predicted molar refractivity (Wildman–Crippen MR) is 43.3 cm³/mol. The van der Waals surface area contributed by atoms with Gasteiger partial charge < -0.3 is 5.32 Å². The number of nitrogens with one attached hydrogen (secondary N) is 1. The largest absolute Gasteiger partial charge is 1.00 e. The number of nitrogens with zero attached hydrogens (tertiary/aromatic N) is 1. The van der Waals surface area contributed by atoms with Crippen molar-refractivity contribution < 1.29 is 29.6 Å². The van der Waals surface area contributed by atoms with E-state index in [0.29, 0.717) is 4.32 Å². The third-order valence-corrected chi connectivity index (χ3v) is 0.849. The first kappa shape index (κ1) is 12.8. The van der Waals surface area contributed by atoms with E-state index in [4.69, 9.17) is 0 Å². The van der Waals surface area contributed by atoms with Gasteiger partial charge in [0.1, 0.15) is 4.32 Å². The molecule has 0 aliphatic rings. The van der Waals surface area contributed by atoms with Gasteiger partial charge in [-0.3, -0.25) is 4.90 Å². The van der Waals surface area contributed by atoms with Gasteiger partial charge in [-0.25, -0.2) is 0 Å². The van der Waals surface area contributed by atoms with Crippen LogP contribution in [0.5, 0.6) is 0 Å². The molecule has 0 saturated carbocycles. The van der Waals surface area contributed by atoms with Crippen LogP contribution in [-0.4, -0.2) is 30.0 Å². The van der Waals surface area contributed by atoms with Gasteiger partial charge in [-0.2, -0.15) is 0 Å². The molecule has 0 amide bonds. The van der Waals surface area contributed by atoms with Gasteiger partial charge in [-0.05, 0) is 14.1 Å². The van der Waals surface area contributed by atoms with Crippen LogP contribution in [0.1, 0.15) is 0 Å². The summed E-state index contributed by atoms with van der Waals surface area (Å²) >= 11 is 8.51. The van der Waals surface area contributed by atoms with Crippen LogP contribution in [0.25, 0.3) is 0 Å². The van der Waals surface area contributed by atoms with E-state index in [9.17, 15) is 0 Å². The Bertz CT molecular complexity index is 86.6. The van der Waals surface area contributed by atoms with Gasteiger partial charge in [0.15, 0.2) is 0 Å². The molecule has 0 bridgehead atoms. The summed E-state index contributed by atoms with van der Waals surface area (Å²) in [4.78, 5) is 1.97. The summed E-state index contributed by atoms with van der Waals surface area (Å²) < 4.78 is 0.540. The van der Waals surface area contributed by atoms with Crippen LogP contribution in [0.4, 0.5) is 0 Å². The second-order valence-electron chi connectivity index (χ2n) is 1.72. The molecule has 5 heteroatoms. The second kappa shape index (κ2) is 7.31. The number of hydrogen-bond acceptors (Lipinski definition) is 2. The zero-order chi connectivity index (χ0) is 6.57. The van der Waals surface area contributed by atoms with Gasteiger partial charge in [0.05, 0.1) is 6.67 Å². The fraction of sp³-hybridized carbons (Fsp3) is 0.750. The molecular formula is C4H10N2NaS2+. The minimum Gasteiger partial charge on any atom is -0.358 e.